The first-order valence-corrected chi connectivity index (χ1v) is 8.11. The average Bonchev–Trinajstić information content (AvgIpc) is 3.25. The summed E-state index contributed by atoms with van der Waals surface area (Å²) in [6, 6.07) is 0. The molecule has 0 radical (unpaired) electrons. The van der Waals surface area contributed by atoms with Gasteiger partial charge in [-0.3, -0.25) is 0 Å². The highest BCUT2D eigenvalue weighted by molar-refractivity contribution is 4.77. The van der Waals surface area contributed by atoms with Crippen molar-refractivity contribution in [2.45, 2.75) is 83.3 Å². The van der Waals surface area contributed by atoms with Crippen LogP contribution >= 0.6 is 0 Å². The highest BCUT2D eigenvalue weighted by atomic mass is 16.6. The molecule has 0 aromatic heterocycles. The maximum absolute atomic E-state index is 5.39. The highest BCUT2D eigenvalue weighted by Gasteiger charge is 2.28. The lowest BCUT2D eigenvalue weighted by Gasteiger charge is -2.15. The lowest BCUT2D eigenvalue weighted by molar-refractivity contribution is 0.304. The fraction of sp³-hybridized carbons (Fsp3) is 1.00. The third-order valence-corrected chi connectivity index (χ3v) is 4.26. The predicted octanol–water partition coefficient (Wildman–Crippen LogP) is 4.32. The van der Waals surface area contributed by atoms with Gasteiger partial charge in [0.25, 0.3) is 0 Å². The molecule has 2 rings (SSSR count). The predicted molar refractivity (Wildman–Crippen MR) is 74.8 cm³/mol. The maximum Gasteiger partial charge on any atom is 0.0812 e. The number of unbranched alkanes of at least 4 members (excludes halogenated alkanes) is 5. The van der Waals surface area contributed by atoms with Crippen LogP contribution in [0.1, 0.15) is 71.1 Å². The summed E-state index contributed by atoms with van der Waals surface area (Å²) >= 11 is 0. The van der Waals surface area contributed by atoms with Gasteiger partial charge in [0, 0.05) is 0 Å². The van der Waals surface area contributed by atoms with Crippen LogP contribution in [0.15, 0.2) is 0 Å². The molecule has 106 valence electrons. The van der Waals surface area contributed by atoms with Crippen LogP contribution in [-0.4, -0.2) is 25.4 Å². The second kappa shape index (κ2) is 8.16. The number of epoxide rings is 2. The van der Waals surface area contributed by atoms with Crippen molar-refractivity contribution in [1.82, 2.24) is 0 Å². The van der Waals surface area contributed by atoms with Crippen LogP contribution in [0.5, 0.6) is 0 Å². The molecule has 2 heterocycles. The van der Waals surface area contributed by atoms with Crippen molar-refractivity contribution in [3.8, 4) is 0 Å². The van der Waals surface area contributed by atoms with Crippen molar-refractivity contribution >= 4 is 0 Å². The normalized spacial score (nSPS) is 27.2. The van der Waals surface area contributed by atoms with E-state index in [1.807, 2.05) is 0 Å². The van der Waals surface area contributed by atoms with E-state index in [2.05, 4.69) is 6.92 Å². The van der Waals surface area contributed by atoms with Crippen LogP contribution in [0.4, 0.5) is 0 Å². The number of rotatable bonds is 12. The number of hydrogen-bond acceptors (Lipinski definition) is 2. The Kier molecular flexibility index (Phi) is 6.50. The second-order valence-electron chi connectivity index (χ2n) is 6.15. The van der Waals surface area contributed by atoms with E-state index in [4.69, 9.17) is 9.47 Å². The van der Waals surface area contributed by atoms with Crippen LogP contribution < -0.4 is 0 Å². The Morgan fingerprint density at radius 3 is 2.22 bits per heavy atom. The molecule has 0 saturated carbocycles. The van der Waals surface area contributed by atoms with E-state index < -0.39 is 0 Å². The molecule has 0 aliphatic carbocycles. The molecule has 3 unspecified atom stereocenters. The fourth-order valence-corrected chi connectivity index (χ4v) is 2.83. The van der Waals surface area contributed by atoms with E-state index in [0.717, 1.165) is 19.1 Å². The van der Waals surface area contributed by atoms with Crippen molar-refractivity contribution in [3.05, 3.63) is 0 Å². The molecule has 0 aromatic rings. The third kappa shape index (κ3) is 6.75. The third-order valence-electron chi connectivity index (χ3n) is 4.26. The van der Waals surface area contributed by atoms with Gasteiger partial charge in [0.2, 0.25) is 0 Å². The minimum atomic E-state index is 0.607. The molecule has 18 heavy (non-hydrogen) atoms. The van der Waals surface area contributed by atoms with Gasteiger partial charge in [-0.15, -0.1) is 0 Å². The van der Waals surface area contributed by atoms with Crippen molar-refractivity contribution in [2.24, 2.45) is 5.92 Å². The Morgan fingerprint density at radius 2 is 1.56 bits per heavy atom. The molecule has 0 N–H and O–H groups in total. The summed E-state index contributed by atoms with van der Waals surface area (Å²) < 4.78 is 10.7. The van der Waals surface area contributed by atoms with Gasteiger partial charge in [-0.2, -0.15) is 0 Å². The zero-order chi connectivity index (χ0) is 12.6. The Balaban J connectivity index is 1.49. The molecule has 2 aliphatic rings. The molecule has 3 atom stereocenters. The quantitative estimate of drug-likeness (QED) is 0.383. The van der Waals surface area contributed by atoms with Gasteiger partial charge in [-0.1, -0.05) is 51.9 Å². The molecular weight excluding hydrogens is 224 g/mol. The first-order valence-electron chi connectivity index (χ1n) is 8.11. The lowest BCUT2D eigenvalue weighted by atomic mass is 9.91. The Bertz CT molecular complexity index is 209. The largest absolute Gasteiger partial charge is 0.373 e. The molecule has 0 amide bonds. The molecular formula is C16H30O2. The summed E-state index contributed by atoms with van der Waals surface area (Å²) in [6.45, 7) is 4.32. The first kappa shape index (κ1) is 14.3. The van der Waals surface area contributed by atoms with Crippen molar-refractivity contribution in [3.63, 3.8) is 0 Å². The fourth-order valence-electron chi connectivity index (χ4n) is 2.83. The minimum absolute atomic E-state index is 0.607. The van der Waals surface area contributed by atoms with Gasteiger partial charge in [0.15, 0.2) is 0 Å². The van der Waals surface area contributed by atoms with Gasteiger partial charge in [-0.25, -0.2) is 0 Å². The van der Waals surface area contributed by atoms with Crippen molar-refractivity contribution < 1.29 is 9.47 Å². The lowest BCUT2D eigenvalue weighted by Crippen LogP contribution is -2.06. The van der Waals surface area contributed by atoms with Gasteiger partial charge < -0.3 is 9.47 Å². The van der Waals surface area contributed by atoms with Crippen LogP contribution in [-0.2, 0) is 9.47 Å². The Labute approximate surface area is 112 Å². The van der Waals surface area contributed by atoms with E-state index in [-0.39, 0.29) is 0 Å². The van der Waals surface area contributed by atoms with Gasteiger partial charge >= 0.3 is 0 Å². The molecule has 0 aromatic carbocycles. The molecule has 2 aliphatic heterocycles. The average molecular weight is 254 g/mol. The standard InChI is InChI=1S/C16H30O2/c1-2-3-4-5-6-7-8-14(11-16-13-18-16)9-10-15-12-17-15/h14-16H,2-13H2,1H3. The van der Waals surface area contributed by atoms with Crippen LogP contribution in [0.2, 0.25) is 0 Å². The van der Waals surface area contributed by atoms with E-state index in [1.165, 1.54) is 64.2 Å². The number of hydrogen-bond donors (Lipinski definition) is 0. The zero-order valence-corrected chi connectivity index (χ0v) is 12.0. The molecule has 2 saturated heterocycles. The second-order valence-corrected chi connectivity index (χ2v) is 6.15. The molecule has 0 spiro atoms. The summed E-state index contributed by atoms with van der Waals surface area (Å²) in [5.74, 6) is 0.896. The Hall–Kier alpha value is -0.0800. The maximum atomic E-state index is 5.39. The highest BCUT2D eigenvalue weighted by Crippen LogP contribution is 2.29. The SMILES string of the molecule is CCCCCCCCC(CCC1CO1)CC1CO1. The van der Waals surface area contributed by atoms with E-state index in [1.54, 1.807) is 0 Å². The van der Waals surface area contributed by atoms with Gasteiger partial charge in [-0.05, 0) is 25.2 Å². The monoisotopic (exact) mass is 254 g/mol. The first-order chi connectivity index (χ1) is 8.88. The number of ether oxygens (including phenoxy) is 2. The van der Waals surface area contributed by atoms with Gasteiger partial charge in [0.05, 0.1) is 25.4 Å². The summed E-state index contributed by atoms with van der Waals surface area (Å²) in [5.41, 5.74) is 0. The van der Waals surface area contributed by atoms with E-state index >= 15 is 0 Å². The van der Waals surface area contributed by atoms with Crippen molar-refractivity contribution in [1.29, 1.82) is 0 Å². The van der Waals surface area contributed by atoms with Crippen LogP contribution in [0.3, 0.4) is 0 Å². The molecule has 0 bridgehead atoms. The summed E-state index contributed by atoms with van der Waals surface area (Å²) in [4.78, 5) is 0. The summed E-state index contributed by atoms with van der Waals surface area (Å²) in [6.07, 6.45) is 15.1. The topological polar surface area (TPSA) is 25.1 Å². The van der Waals surface area contributed by atoms with Crippen LogP contribution in [0, 0.1) is 5.92 Å². The minimum Gasteiger partial charge on any atom is -0.373 e. The summed E-state index contributed by atoms with van der Waals surface area (Å²) in [5, 5.41) is 0. The van der Waals surface area contributed by atoms with E-state index in [9.17, 15) is 0 Å². The molecule has 2 fully saturated rings. The molecule has 2 nitrogen and oxygen atoms in total. The smallest absolute Gasteiger partial charge is 0.0812 e. The zero-order valence-electron chi connectivity index (χ0n) is 12.0. The van der Waals surface area contributed by atoms with Gasteiger partial charge in [0.1, 0.15) is 0 Å². The Morgan fingerprint density at radius 1 is 0.889 bits per heavy atom. The van der Waals surface area contributed by atoms with Crippen molar-refractivity contribution in [2.75, 3.05) is 13.2 Å². The van der Waals surface area contributed by atoms with E-state index in [0.29, 0.717) is 12.2 Å². The molecule has 2 heteroatoms. The van der Waals surface area contributed by atoms with Crippen LogP contribution in [0.25, 0.3) is 0 Å². The summed E-state index contributed by atoms with van der Waals surface area (Å²) in [7, 11) is 0.